The van der Waals surface area contributed by atoms with Crippen molar-refractivity contribution in [2.24, 2.45) is 0 Å². The van der Waals surface area contributed by atoms with Crippen molar-refractivity contribution in [2.75, 3.05) is 18.5 Å². The average Bonchev–Trinajstić information content (AvgIpc) is 2.37. The zero-order chi connectivity index (χ0) is 13.1. The number of aliphatic hydroxyl groups excluding tert-OH is 2. The molecule has 2 rings (SSSR count). The van der Waals surface area contributed by atoms with Crippen LogP contribution in [0, 0.1) is 13.8 Å². The standard InChI is InChI=1S/C13H17N3O2/c1-8-9(2)16-13-5-10(3-4-12(13)15-8)14-6-11(18)7-17/h3-5,11,14,17-18H,6-7H2,1-2H3. The number of fused-ring (bicyclic) bond motifs is 1. The van der Waals surface area contributed by atoms with Crippen molar-refractivity contribution >= 4 is 16.7 Å². The number of hydrogen-bond donors (Lipinski definition) is 3. The molecule has 1 atom stereocenters. The van der Waals surface area contributed by atoms with Crippen LogP contribution in [0.2, 0.25) is 0 Å². The van der Waals surface area contributed by atoms with Gasteiger partial charge in [-0.15, -0.1) is 0 Å². The van der Waals surface area contributed by atoms with Gasteiger partial charge >= 0.3 is 0 Å². The van der Waals surface area contributed by atoms with Crippen molar-refractivity contribution in [3.05, 3.63) is 29.6 Å². The Labute approximate surface area is 106 Å². The first-order chi connectivity index (χ1) is 8.60. The molecule has 0 amide bonds. The largest absolute Gasteiger partial charge is 0.394 e. The number of anilines is 1. The van der Waals surface area contributed by atoms with Crippen molar-refractivity contribution in [1.29, 1.82) is 0 Å². The molecular formula is C13H17N3O2. The van der Waals surface area contributed by atoms with Gasteiger partial charge in [0, 0.05) is 12.2 Å². The van der Waals surface area contributed by atoms with E-state index in [-0.39, 0.29) is 6.61 Å². The summed E-state index contributed by atoms with van der Waals surface area (Å²) in [5, 5.41) is 21.1. The predicted molar refractivity (Wildman–Crippen MR) is 70.6 cm³/mol. The van der Waals surface area contributed by atoms with Gasteiger partial charge in [0.05, 0.1) is 35.1 Å². The Bertz CT molecular complexity index is 557. The molecule has 2 aromatic rings. The highest BCUT2D eigenvalue weighted by Gasteiger charge is 2.04. The van der Waals surface area contributed by atoms with Crippen LogP contribution in [0.3, 0.4) is 0 Å². The first-order valence-electron chi connectivity index (χ1n) is 5.88. The second kappa shape index (κ2) is 5.29. The molecule has 1 aromatic heterocycles. The molecule has 1 heterocycles. The number of nitrogens with one attached hydrogen (secondary N) is 1. The SMILES string of the molecule is Cc1nc2ccc(NCC(O)CO)cc2nc1C. The summed E-state index contributed by atoms with van der Waals surface area (Å²) in [5.74, 6) is 0. The van der Waals surface area contributed by atoms with E-state index in [2.05, 4.69) is 15.3 Å². The third kappa shape index (κ3) is 2.75. The van der Waals surface area contributed by atoms with Gasteiger partial charge in [-0.2, -0.15) is 0 Å². The van der Waals surface area contributed by atoms with E-state index < -0.39 is 6.10 Å². The van der Waals surface area contributed by atoms with Crippen molar-refractivity contribution in [1.82, 2.24) is 9.97 Å². The second-order valence-corrected chi connectivity index (χ2v) is 4.32. The Balaban J connectivity index is 2.24. The summed E-state index contributed by atoms with van der Waals surface area (Å²) in [5.41, 5.74) is 4.37. The molecule has 0 saturated heterocycles. The number of aliphatic hydroxyl groups is 2. The molecule has 0 fully saturated rings. The van der Waals surface area contributed by atoms with Crippen LogP contribution >= 0.6 is 0 Å². The van der Waals surface area contributed by atoms with E-state index in [0.717, 1.165) is 28.1 Å². The van der Waals surface area contributed by atoms with Gasteiger partial charge in [0.1, 0.15) is 0 Å². The highest BCUT2D eigenvalue weighted by Crippen LogP contribution is 2.17. The van der Waals surface area contributed by atoms with Gasteiger partial charge in [0.15, 0.2) is 0 Å². The fourth-order valence-electron chi connectivity index (χ4n) is 1.64. The lowest BCUT2D eigenvalue weighted by Crippen LogP contribution is -2.22. The van der Waals surface area contributed by atoms with Crippen molar-refractivity contribution in [3.8, 4) is 0 Å². The van der Waals surface area contributed by atoms with Crippen molar-refractivity contribution in [2.45, 2.75) is 20.0 Å². The minimum absolute atomic E-state index is 0.251. The maximum absolute atomic E-state index is 9.27. The number of aromatic nitrogens is 2. The third-order valence-corrected chi connectivity index (χ3v) is 2.83. The monoisotopic (exact) mass is 247 g/mol. The molecule has 0 radical (unpaired) electrons. The smallest absolute Gasteiger partial charge is 0.0942 e. The maximum atomic E-state index is 9.27. The molecule has 18 heavy (non-hydrogen) atoms. The van der Waals surface area contributed by atoms with E-state index in [1.165, 1.54) is 0 Å². The van der Waals surface area contributed by atoms with Crippen LogP contribution in [0.25, 0.3) is 11.0 Å². The predicted octanol–water partition coefficient (Wildman–Crippen LogP) is 1.01. The van der Waals surface area contributed by atoms with Crippen LogP contribution in [-0.4, -0.2) is 39.4 Å². The zero-order valence-electron chi connectivity index (χ0n) is 10.5. The molecule has 0 bridgehead atoms. The molecule has 0 aliphatic heterocycles. The van der Waals surface area contributed by atoms with Crippen LogP contribution in [-0.2, 0) is 0 Å². The Hall–Kier alpha value is -1.72. The van der Waals surface area contributed by atoms with Crippen LogP contribution in [0.1, 0.15) is 11.4 Å². The highest BCUT2D eigenvalue weighted by atomic mass is 16.3. The first kappa shape index (κ1) is 12.7. The molecule has 0 spiro atoms. The van der Waals surface area contributed by atoms with Gasteiger partial charge in [0.25, 0.3) is 0 Å². The Morgan fingerprint density at radius 2 is 1.83 bits per heavy atom. The van der Waals surface area contributed by atoms with E-state index >= 15 is 0 Å². The molecule has 0 aliphatic carbocycles. The summed E-state index contributed by atoms with van der Waals surface area (Å²) >= 11 is 0. The molecule has 3 N–H and O–H groups in total. The van der Waals surface area contributed by atoms with Gasteiger partial charge in [0.2, 0.25) is 0 Å². The van der Waals surface area contributed by atoms with E-state index in [0.29, 0.717) is 6.54 Å². The molecule has 0 aliphatic rings. The molecule has 5 heteroatoms. The summed E-state index contributed by atoms with van der Waals surface area (Å²) in [4.78, 5) is 8.92. The van der Waals surface area contributed by atoms with E-state index in [1.807, 2.05) is 32.0 Å². The van der Waals surface area contributed by atoms with Gasteiger partial charge in [-0.3, -0.25) is 0 Å². The molecular weight excluding hydrogens is 230 g/mol. The normalized spacial score (nSPS) is 12.7. The Morgan fingerprint density at radius 3 is 2.50 bits per heavy atom. The van der Waals surface area contributed by atoms with Crippen LogP contribution < -0.4 is 5.32 Å². The van der Waals surface area contributed by atoms with E-state index in [9.17, 15) is 5.11 Å². The Kier molecular flexibility index (Phi) is 3.74. The number of aryl methyl sites for hydroxylation is 2. The summed E-state index contributed by atoms with van der Waals surface area (Å²) in [6, 6.07) is 5.66. The minimum Gasteiger partial charge on any atom is -0.394 e. The fraction of sp³-hybridized carbons (Fsp3) is 0.385. The quantitative estimate of drug-likeness (QED) is 0.751. The van der Waals surface area contributed by atoms with Crippen molar-refractivity contribution < 1.29 is 10.2 Å². The molecule has 0 saturated carbocycles. The number of rotatable bonds is 4. The number of benzene rings is 1. The van der Waals surface area contributed by atoms with Crippen LogP contribution in [0.15, 0.2) is 18.2 Å². The molecule has 1 unspecified atom stereocenters. The van der Waals surface area contributed by atoms with E-state index in [1.54, 1.807) is 0 Å². The molecule has 96 valence electrons. The fourth-order valence-corrected chi connectivity index (χ4v) is 1.64. The van der Waals surface area contributed by atoms with Gasteiger partial charge in [-0.25, -0.2) is 9.97 Å². The number of nitrogens with zero attached hydrogens (tertiary/aromatic N) is 2. The first-order valence-corrected chi connectivity index (χ1v) is 5.88. The zero-order valence-corrected chi connectivity index (χ0v) is 10.5. The van der Waals surface area contributed by atoms with Crippen LogP contribution in [0.5, 0.6) is 0 Å². The minimum atomic E-state index is -0.758. The van der Waals surface area contributed by atoms with E-state index in [4.69, 9.17) is 5.11 Å². The summed E-state index contributed by atoms with van der Waals surface area (Å²) in [6.45, 7) is 3.92. The number of hydrogen-bond acceptors (Lipinski definition) is 5. The summed E-state index contributed by atoms with van der Waals surface area (Å²) in [7, 11) is 0. The lowest BCUT2D eigenvalue weighted by molar-refractivity contribution is 0.105. The third-order valence-electron chi connectivity index (χ3n) is 2.83. The Morgan fingerprint density at radius 1 is 1.17 bits per heavy atom. The molecule has 5 nitrogen and oxygen atoms in total. The maximum Gasteiger partial charge on any atom is 0.0942 e. The van der Waals surface area contributed by atoms with Gasteiger partial charge in [-0.05, 0) is 32.0 Å². The van der Waals surface area contributed by atoms with Gasteiger partial charge < -0.3 is 15.5 Å². The summed E-state index contributed by atoms with van der Waals surface area (Å²) < 4.78 is 0. The highest BCUT2D eigenvalue weighted by molar-refractivity contribution is 5.78. The van der Waals surface area contributed by atoms with Crippen molar-refractivity contribution in [3.63, 3.8) is 0 Å². The second-order valence-electron chi connectivity index (χ2n) is 4.32. The average molecular weight is 247 g/mol. The molecule has 1 aromatic carbocycles. The lowest BCUT2D eigenvalue weighted by Gasteiger charge is -2.11. The lowest BCUT2D eigenvalue weighted by atomic mass is 10.2. The summed E-state index contributed by atoms with van der Waals surface area (Å²) in [6.07, 6.45) is -0.758. The van der Waals surface area contributed by atoms with Gasteiger partial charge in [-0.1, -0.05) is 0 Å². The topological polar surface area (TPSA) is 78.3 Å². The van der Waals surface area contributed by atoms with Crippen LogP contribution in [0.4, 0.5) is 5.69 Å².